The molecule has 0 heterocycles. The van der Waals surface area contributed by atoms with E-state index in [0.29, 0.717) is 0 Å². The van der Waals surface area contributed by atoms with Crippen LogP contribution in [0.1, 0.15) is 5.56 Å². The number of phenolic OH excluding ortho intramolecular Hbond substituents is 1. The van der Waals surface area contributed by atoms with Gasteiger partial charge in [-0.15, -0.1) is 24.0 Å². The van der Waals surface area contributed by atoms with E-state index in [-0.39, 0.29) is 68.3 Å². The molecule has 31 heteroatoms. The molecule has 0 saturated heterocycles. The van der Waals surface area contributed by atoms with E-state index in [1.807, 2.05) is 0 Å². The van der Waals surface area contributed by atoms with Crippen LogP contribution in [0.2, 0.25) is 0 Å². The first-order chi connectivity index (χ1) is 27.6. The number of nitrogen functional groups attached to an aromatic ring is 1. The molecule has 0 amide bonds. The van der Waals surface area contributed by atoms with Crippen molar-refractivity contribution in [2.24, 2.45) is 20.5 Å². The van der Waals surface area contributed by atoms with Gasteiger partial charge in [0.15, 0.2) is 37.7 Å². The van der Waals surface area contributed by atoms with E-state index in [0.717, 1.165) is 31.4 Å². The number of nitrogens with two attached hydrogens (primary N) is 1. The number of nitrogens with zero attached hydrogens (tertiary/aromatic N) is 4. The van der Waals surface area contributed by atoms with Crippen molar-refractivity contribution in [2.75, 3.05) is 37.6 Å². The second-order valence-electron chi connectivity index (χ2n) is 11.1. The molecule has 4 aromatic rings. The molecule has 0 radical (unpaired) electrons. The Morgan fingerprint density at radius 3 is 2.10 bits per heavy atom. The molecule has 4 rings (SSSR count). The molecular formula is C28H29N5O20S6. The van der Waals surface area contributed by atoms with Crippen molar-refractivity contribution in [3.8, 4) is 11.5 Å². The monoisotopic (exact) mass is 947 g/mol. The third-order valence-electron chi connectivity index (χ3n) is 7.40. The molecule has 0 aliphatic heterocycles. The Bertz CT molecular complexity index is 2720. The second-order valence-corrected chi connectivity index (χ2v) is 19.0. The highest BCUT2D eigenvalue weighted by Gasteiger charge is 2.26. The summed E-state index contributed by atoms with van der Waals surface area (Å²) in [6.45, 7) is 0.0525. The minimum atomic E-state index is -5.16. The fourth-order valence-electron chi connectivity index (χ4n) is 4.89. The summed E-state index contributed by atoms with van der Waals surface area (Å²) in [4.78, 5) is -1.74. The zero-order valence-corrected chi connectivity index (χ0v) is 34.5. The Morgan fingerprint density at radius 2 is 1.46 bits per heavy atom. The molecule has 59 heavy (non-hydrogen) atoms. The number of hydrogen-bond donors (Lipinski definition) is 6. The molecule has 7 N–H and O–H groups in total. The fraction of sp³-hybridized carbons (Fsp3) is 0.214. The maximum atomic E-state index is 12.9. The van der Waals surface area contributed by atoms with Gasteiger partial charge in [0.25, 0.3) is 10.1 Å². The van der Waals surface area contributed by atoms with Gasteiger partial charge in [-0.2, -0.15) is 21.9 Å². The summed E-state index contributed by atoms with van der Waals surface area (Å²) in [6, 6.07) is 9.01. The number of azo groups is 2. The molecule has 0 unspecified atom stereocenters. The number of fused-ring (bicyclic) bond motifs is 1. The minimum absolute atomic E-state index is 0.0552. The first kappa shape index (κ1) is 47.5. The molecule has 0 bridgehead atoms. The summed E-state index contributed by atoms with van der Waals surface area (Å²) in [5.41, 5.74) is 4.74. The summed E-state index contributed by atoms with van der Waals surface area (Å²) in [6.07, 6.45) is 0. The maximum Gasteiger partial charge on any atom is 0.397 e. The molecule has 0 aromatic heterocycles. The van der Waals surface area contributed by atoms with Crippen LogP contribution in [0.15, 0.2) is 88.6 Å². The number of phenols is 1. The average molecular weight is 948 g/mol. The predicted octanol–water partition coefficient (Wildman–Crippen LogP) is 5.32. The lowest BCUT2D eigenvalue weighted by atomic mass is 10.0. The van der Waals surface area contributed by atoms with E-state index < -0.39 is 96.8 Å². The zero-order valence-electron chi connectivity index (χ0n) is 29.6. The Morgan fingerprint density at radius 1 is 0.780 bits per heavy atom. The first-order valence-electron chi connectivity index (χ1n) is 15.3. The number of aryl methyl sites for hydroxylation is 1. The van der Waals surface area contributed by atoms with Crippen molar-refractivity contribution in [1.82, 2.24) is 0 Å². The summed E-state index contributed by atoms with van der Waals surface area (Å²) in [5.74, 6) is -2.51. The standard InChI is InChI=1S/C28H29N5O20S6/c1-15-10-19(21(47-2)14-23(15)57(39,40)9-7-49-59(44,45)46)31-32-20-13-24(58(41,42)43)18-12-22(54-52-50-35)27(28(34)25(18)26(20)29)33-30-16-4-3-5-17(11-16)56(37,38)8-6-48-55-53-51-36/h3-5,10-14,34-36H,6-9,29H2,1-2H3,(H,41,42,43)(H,44,45,46). The highest BCUT2D eigenvalue weighted by atomic mass is 32.3. The lowest BCUT2D eigenvalue weighted by molar-refractivity contribution is -0.434. The summed E-state index contributed by atoms with van der Waals surface area (Å²) >= 11 is 0.365. The smallest absolute Gasteiger partial charge is 0.397 e. The molecular weight excluding hydrogens is 919 g/mol. The lowest BCUT2D eigenvalue weighted by Gasteiger charge is -2.15. The van der Waals surface area contributed by atoms with Crippen molar-refractivity contribution in [1.29, 1.82) is 0 Å². The van der Waals surface area contributed by atoms with Gasteiger partial charge in [0, 0.05) is 11.5 Å². The van der Waals surface area contributed by atoms with Crippen molar-refractivity contribution >= 4 is 104 Å². The van der Waals surface area contributed by atoms with Crippen LogP contribution in [0.5, 0.6) is 11.5 Å². The normalized spacial score (nSPS) is 12.9. The van der Waals surface area contributed by atoms with Crippen LogP contribution in [0.25, 0.3) is 10.8 Å². The number of benzene rings is 4. The topological polar surface area (TPSA) is 378 Å². The van der Waals surface area contributed by atoms with Gasteiger partial charge in [-0.05, 0) is 48.9 Å². The SMILES string of the molecule is COc1cc(S(=O)(=O)CCOS(=O)(=O)O)c(C)cc1N=Nc1cc(S(=O)(=O)O)c2cc(SOOO)c(N=Nc3cccc(S(=O)(=O)CCOSOOO)c3)c(O)c2c1N. The molecule has 322 valence electrons. The van der Waals surface area contributed by atoms with E-state index in [1.165, 1.54) is 31.2 Å². The Labute approximate surface area is 342 Å². The summed E-state index contributed by atoms with van der Waals surface area (Å²) in [5, 5.41) is 50.4. The summed E-state index contributed by atoms with van der Waals surface area (Å²) < 4.78 is 140. The van der Waals surface area contributed by atoms with Gasteiger partial charge >= 0.3 is 10.4 Å². The van der Waals surface area contributed by atoms with Crippen molar-refractivity contribution in [3.63, 3.8) is 0 Å². The molecule has 0 aliphatic rings. The van der Waals surface area contributed by atoms with Gasteiger partial charge in [-0.1, -0.05) is 16.1 Å². The summed E-state index contributed by atoms with van der Waals surface area (Å²) in [7, 11) is -17.1. The van der Waals surface area contributed by atoms with Crippen LogP contribution in [-0.2, 0) is 67.3 Å². The molecule has 0 aliphatic carbocycles. The Balaban J connectivity index is 1.82. The van der Waals surface area contributed by atoms with Crippen LogP contribution in [-0.4, -0.2) is 90.2 Å². The maximum absolute atomic E-state index is 12.9. The minimum Gasteiger partial charge on any atom is -0.505 e. The Hall–Kier alpha value is -4.16. The molecule has 0 spiro atoms. The van der Waals surface area contributed by atoms with Gasteiger partial charge < -0.3 is 15.6 Å². The molecule has 0 atom stereocenters. The largest absolute Gasteiger partial charge is 0.505 e. The van der Waals surface area contributed by atoms with Gasteiger partial charge in [0.2, 0.25) is 0 Å². The second kappa shape index (κ2) is 19.9. The van der Waals surface area contributed by atoms with Crippen LogP contribution in [0.3, 0.4) is 0 Å². The number of anilines is 1. The van der Waals surface area contributed by atoms with Crippen molar-refractivity contribution in [2.45, 2.75) is 26.5 Å². The van der Waals surface area contributed by atoms with Crippen molar-refractivity contribution in [3.05, 3.63) is 54.1 Å². The van der Waals surface area contributed by atoms with Gasteiger partial charge in [0.1, 0.15) is 27.7 Å². The highest BCUT2D eigenvalue weighted by Crippen LogP contribution is 2.50. The van der Waals surface area contributed by atoms with Crippen LogP contribution < -0.4 is 10.5 Å². The zero-order chi connectivity index (χ0) is 43.8. The lowest BCUT2D eigenvalue weighted by Crippen LogP contribution is -2.16. The Kier molecular flexibility index (Phi) is 16.1. The predicted molar refractivity (Wildman–Crippen MR) is 203 cm³/mol. The highest BCUT2D eigenvalue weighted by molar-refractivity contribution is 7.94. The van der Waals surface area contributed by atoms with Crippen LogP contribution in [0.4, 0.5) is 28.4 Å². The van der Waals surface area contributed by atoms with E-state index in [2.05, 4.69) is 43.4 Å². The molecule has 4 aromatic carbocycles. The van der Waals surface area contributed by atoms with Crippen LogP contribution >= 0.6 is 24.4 Å². The van der Waals surface area contributed by atoms with Gasteiger partial charge in [0.05, 0.1) is 75.3 Å². The van der Waals surface area contributed by atoms with E-state index in [9.17, 15) is 43.3 Å². The van der Waals surface area contributed by atoms with Gasteiger partial charge in [-0.25, -0.2) is 31.5 Å². The fourth-order valence-corrected chi connectivity index (χ4v) is 9.28. The molecule has 0 fully saturated rings. The third kappa shape index (κ3) is 12.4. The van der Waals surface area contributed by atoms with Gasteiger partial charge in [-0.3, -0.25) is 13.3 Å². The number of methoxy groups -OCH3 is 1. The van der Waals surface area contributed by atoms with E-state index in [4.69, 9.17) is 29.7 Å². The van der Waals surface area contributed by atoms with E-state index in [1.54, 1.807) is 0 Å². The third-order valence-corrected chi connectivity index (χ3v) is 13.2. The molecule has 0 saturated carbocycles. The number of aromatic hydroxyl groups is 1. The number of hydrogen-bond acceptors (Lipinski definition) is 25. The first-order valence-corrected chi connectivity index (χ1v) is 22.9. The van der Waals surface area contributed by atoms with Crippen molar-refractivity contribution < 1.29 is 90.2 Å². The number of sulfone groups is 2. The number of rotatable bonds is 21. The molecule has 25 nitrogen and oxygen atoms in total. The quantitative estimate of drug-likeness (QED) is 0.0117. The average Bonchev–Trinajstić information content (AvgIpc) is 3.15. The van der Waals surface area contributed by atoms with E-state index >= 15 is 0 Å². The van der Waals surface area contributed by atoms with Crippen LogP contribution in [0, 0.1) is 6.92 Å². The number of ether oxygens (including phenoxy) is 1.